The zero-order valence-electron chi connectivity index (χ0n) is 82.4. The Balaban J connectivity index is 0.000000153. The third kappa shape index (κ3) is 24.0. The molecule has 0 spiro atoms. The van der Waals surface area contributed by atoms with Crippen molar-refractivity contribution in [2.75, 3.05) is 39.6 Å². The van der Waals surface area contributed by atoms with Crippen LogP contribution in [0.5, 0.6) is 0 Å². The van der Waals surface area contributed by atoms with E-state index in [1.54, 1.807) is 34.6 Å². The summed E-state index contributed by atoms with van der Waals surface area (Å²) in [5, 5.41) is -0.903. The predicted octanol–water partition coefficient (Wildman–Crippen LogP) is 14.1. The van der Waals surface area contributed by atoms with E-state index >= 15 is 0 Å². The van der Waals surface area contributed by atoms with Crippen molar-refractivity contribution >= 4 is 97.8 Å². The fraction of sp³-hybridized carbons (Fsp3) is 0.792. The standard InChI is InChI=1S/C19H26O6.C19H32O2.C17H26O2.C15H22O7S.C13H16O7S.C10H16O4.C8H10O4/c1-11(2)18(22)24-9-16(20)23-10-17(21)25-19(3)14-5-12-4-13(7-14)8-15(19)6-12;1-6-18(4,5)17(20)21-19(12(2)3)15-8-13-7-14(10-15)11-16(19)9-13;1-10(2)16(18)19-17(11(3)4)14-6-12-5-13(8-14)9-15(17)7-12;1-4-15(2,3)14(17)20-7-11(16)21-12-8-5-9-10(6-8)23(18,19)22-13(9)12;1-6(2)13(15)18-5-10(14)19-11-7-3-8-9(4-7)21(16,17)20-12(8)11;1-4-10(2,3)9(12)14-7-5-6-13-8(7)11;1-5(2)7(9)12-6-3-4-11-8(6)10/h12-15H,1,4-10H2,2-3H3;12-16H,6-11H2,1-5H3;11-15H,1,5-9H2,2-4H3;8-10,12-13H,4-7H2,1-3H3;7-9,11-12H,1,3-5H2,2H3;7H,4-6H2,1-3H3;6H,1,3-4H2,2H3. The first-order valence-electron chi connectivity index (χ1n) is 49.0. The molecule has 20 rings (SSSR count). The summed E-state index contributed by atoms with van der Waals surface area (Å²) in [6.45, 7) is 47.0. The number of ether oxygens (including phenoxy) is 13. The molecule has 756 valence electrons. The van der Waals surface area contributed by atoms with Crippen molar-refractivity contribution in [3.8, 4) is 0 Å². The van der Waals surface area contributed by atoms with E-state index in [-0.39, 0.29) is 74.9 Å². The SMILES string of the molecule is C=C(C)C(=O)OC1(C(C)C)C2CC3CC(C2)CC1C3.C=C(C)C(=O)OC1CCOC1=O.C=C(C)C(=O)OCC(=O)OC1C2CC3C1OS(=O)(=O)C3C2.C=C(C)C(=O)OCC(=O)OCC(=O)OC1(C)C2CC3CC(C2)CC1C3.CCC(C)(C)C(=O)OC1(C(C)C)C2CC3CC(C2)CC1C3.CCC(C)(C)C(=O)OC1CCOC1=O.CCC(C)(C)C(=O)OCC(=O)OC1C2CC3C1OS(=O)(=O)C3C2. The zero-order chi connectivity index (χ0) is 99.6. The smallest absolute Gasteiger partial charge is 0.347 e. The van der Waals surface area contributed by atoms with Gasteiger partial charge in [-0.15, -0.1) is 0 Å². The highest BCUT2D eigenvalue weighted by molar-refractivity contribution is 7.88. The molecule has 0 N–H and O–H groups in total. The summed E-state index contributed by atoms with van der Waals surface area (Å²) in [6, 6.07) is 0. The van der Waals surface area contributed by atoms with Crippen LogP contribution in [0.1, 0.15) is 279 Å². The maximum Gasteiger partial charge on any atom is 0.347 e. The maximum absolute atomic E-state index is 12.8. The van der Waals surface area contributed by atoms with Gasteiger partial charge in [-0.2, -0.15) is 16.8 Å². The van der Waals surface area contributed by atoms with Gasteiger partial charge in [-0.1, -0.05) is 74.8 Å². The molecule has 0 amide bonds. The molecule has 20 aliphatic rings. The molecule has 34 heteroatoms. The normalized spacial score (nSPS) is 35.6. The summed E-state index contributed by atoms with van der Waals surface area (Å²) < 4.78 is 125. The van der Waals surface area contributed by atoms with E-state index < -0.39 is 170 Å². The van der Waals surface area contributed by atoms with Crippen LogP contribution in [-0.2, 0) is 153 Å². The van der Waals surface area contributed by atoms with E-state index in [0.29, 0.717) is 117 Å². The van der Waals surface area contributed by atoms with E-state index in [4.69, 9.17) is 60.5 Å². The van der Waals surface area contributed by atoms with Gasteiger partial charge in [0.1, 0.15) is 41.2 Å². The lowest BCUT2D eigenvalue weighted by atomic mass is 9.47. The van der Waals surface area contributed by atoms with Crippen molar-refractivity contribution < 1.29 is 149 Å². The second-order valence-electron chi connectivity index (χ2n) is 44.2. The number of esters is 13. The van der Waals surface area contributed by atoms with Crippen LogP contribution in [-0.4, -0.2) is 198 Å². The number of carbonyl (C=O) groups is 13. The molecule has 16 bridgehead atoms. The summed E-state index contributed by atoms with van der Waals surface area (Å²) >= 11 is 0. The molecular formula is C101H148O32S2. The largest absolute Gasteiger partial charge is 0.463 e. The van der Waals surface area contributed by atoms with Gasteiger partial charge in [0, 0.05) is 58.8 Å². The Hall–Kier alpha value is -8.11. The van der Waals surface area contributed by atoms with E-state index in [1.807, 2.05) is 34.6 Å². The van der Waals surface area contributed by atoms with E-state index in [0.717, 1.165) is 67.6 Å². The lowest BCUT2D eigenvalue weighted by Crippen LogP contribution is -2.63. The summed E-state index contributed by atoms with van der Waals surface area (Å²) in [4.78, 5) is 151. The van der Waals surface area contributed by atoms with Crippen LogP contribution in [0.4, 0.5) is 0 Å². The maximum atomic E-state index is 12.8. The van der Waals surface area contributed by atoms with Crippen LogP contribution in [0.25, 0.3) is 0 Å². The summed E-state index contributed by atoms with van der Waals surface area (Å²) in [5.41, 5.74) is -1.13. The van der Waals surface area contributed by atoms with Crippen LogP contribution in [0.15, 0.2) is 48.6 Å². The van der Waals surface area contributed by atoms with Gasteiger partial charge >= 0.3 is 77.6 Å². The first-order valence-corrected chi connectivity index (χ1v) is 51.9. The summed E-state index contributed by atoms with van der Waals surface area (Å²) in [6.07, 6.45) is 20.7. The minimum Gasteiger partial charge on any atom is -0.463 e. The van der Waals surface area contributed by atoms with E-state index in [2.05, 4.69) is 70.4 Å². The molecule has 4 saturated heterocycles. The van der Waals surface area contributed by atoms with Gasteiger partial charge in [-0.25, -0.2) is 47.9 Å². The van der Waals surface area contributed by atoms with E-state index in [9.17, 15) is 79.2 Å². The van der Waals surface area contributed by atoms with E-state index in [1.165, 1.54) is 91.4 Å². The Bertz CT molecular complexity index is 4650. The summed E-state index contributed by atoms with van der Waals surface area (Å²) in [5.74, 6) is 2.77. The highest BCUT2D eigenvalue weighted by Gasteiger charge is 2.68. The Morgan fingerprint density at radius 3 is 1.05 bits per heavy atom. The quantitative estimate of drug-likeness (QED) is 0.0319. The minimum absolute atomic E-state index is 0.00284. The van der Waals surface area contributed by atoms with Gasteiger partial charge in [0.25, 0.3) is 20.2 Å². The van der Waals surface area contributed by atoms with Crippen molar-refractivity contribution in [1.82, 2.24) is 0 Å². The lowest BCUT2D eigenvalue weighted by Gasteiger charge is -2.62. The van der Waals surface area contributed by atoms with Crippen molar-refractivity contribution in [3.05, 3.63) is 48.6 Å². The van der Waals surface area contributed by atoms with Crippen molar-refractivity contribution in [2.45, 2.75) is 343 Å². The van der Waals surface area contributed by atoms with Gasteiger partial charge < -0.3 is 61.6 Å². The Morgan fingerprint density at radius 1 is 0.378 bits per heavy atom. The molecule has 12 atom stereocenters. The fourth-order valence-electron chi connectivity index (χ4n) is 25.0. The zero-order valence-corrected chi connectivity index (χ0v) is 84.1. The van der Waals surface area contributed by atoms with Gasteiger partial charge in [-0.05, 0) is 300 Å². The number of rotatable bonds is 27. The van der Waals surface area contributed by atoms with Gasteiger partial charge in [0.2, 0.25) is 12.2 Å². The van der Waals surface area contributed by atoms with Gasteiger partial charge in [0.05, 0.1) is 40.0 Å². The molecule has 20 fully saturated rings. The predicted molar refractivity (Wildman–Crippen MR) is 487 cm³/mol. The third-order valence-corrected chi connectivity index (χ3v) is 36.5. The summed E-state index contributed by atoms with van der Waals surface area (Å²) in [7, 11) is -7.05. The average molecular weight is 1940 g/mol. The minimum atomic E-state index is -3.53. The van der Waals surface area contributed by atoms with Crippen LogP contribution in [0.2, 0.25) is 0 Å². The molecular weight excluding hydrogens is 1790 g/mol. The molecule has 4 aliphatic heterocycles. The first-order chi connectivity index (χ1) is 63.0. The van der Waals surface area contributed by atoms with Crippen molar-refractivity contribution in [2.24, 2.45) is 123 Å². The molecule has 16 aliphatic carbocycles. The number of fused-ring (bicyclic) bond motifs is 2. The molecule has 32 nitrogen and oxygen atoms in total. The number of cyclic esters (lactones) is 2. The van der Waals surface area contributed by atoms with Crippen LogP contribution in [0.3, 0.4) is 0 Å². The third-order valence-electron chi connectivity index (χ3n) is 32.9. The van der Waals surface area contributed by atoms with Gasteiger partial charge in [0.15, 0.2) is 26.4 Å². The molecule has 0 aromatic rings. The van der Waals surface area contributed by atoms with Crippen molar-refractivity contribution in [3.63, 3.8) is 0 Å². The Labute approximate surface area is 796 Å². The highest BCUT2D eigenvalue weighted by Crippen LogP contribution is 2.65. The average Bonchev–Trinajstić information content (AvgIpc) is 1.40. The van der Waals surface area contributed by atoms with Crippen molar-refractivity contribution in [1.29, 1.82) is 0 Å². The Kier molecular flexibility index (Phi) is 34.1. The Morgan fingerprint density at radius 2 is 0.704 bits per heavy atom. The highest BCUT2D eigenvalue weighted by atomic mass is 32.2. The fourth-order valence-corrected chi connectivity index (χ4v) is 28.7. The number of hydrogen-bond donors (Lipinski definition) is 0. The molecule has 12 unspecified atom stereocenters. The van der Waals surface area contributed by atoms with Crippen LogP contribution < -0.4 is 0 Å². The van der Waals surface area contributed by atoms with Crippen LogP contribution >= 0.6 is 0 Å². The second kappa shape index (κ2) is 42.9. The monoisotopic (exact) mass is 1940 g/mol. The topological polar surface area (TPSA) is 429 Å². The molecule has 16 saturated carbocycles. The molecule has 0 radical (unpaired) electrons. The number of hydrogen-bond acceptors (Lipinski definition) is 32. The molecule has 0 aromatic carbocycles. The molecule has 135 heavy (non-hydrogen) atoms. The number of carbonyl (C=O) groups excluding carboxylic acids is 13. The van der Waals surface area contributed by atoms with Gasteiger partial charge in [-0.3, -0.25) is 22.7 Å². The lowest BCUT2D eigenvalue weighted by molar-refractivity contribution is -0.231. The second-order valence-corrected chi connectivity index (χ2v) is 47.7. The van der Waals surface area contributed by atoms with Crippen LogP contribution in [0, 0.1) is 123 Å². The molecule has 0 aromatic heterocycles. The molecule has 4 heterocycles. The first kappa shape index (κ1) is 107.